The highest BCUT2D eigenvalue weighted by molar-refractivity contribution is 5.99. The maximum absolute atomic E-state index is 14.1. The van der Waals surface area contributed by atoms with Gasteiger partial charge in [-0.2, -0.15) is 0 Å². The van der Waals surface area contributed by atoms with Gasteiger partial charge in [0.15, 0.2) is 0 Å². The monoisotopic (exact) mass is 720 g/mol. The number of allylic oxidation sites excluding steroid dienone is 2. The number of aliphatic hydroxyl groups excluding tert-OH is 1. The molecule has 0 fully saturated rings. The van der Waals surface area contributed by atoms with Crippen LogP contribution in [0.4, 0.5) is 4.39 Å². The maximum atomic E-state index is 14.1. The number of aryl methyl sites for hydroxylation is 1. The molecule has 0 radical (unpaired) electrons. The van der Waals surface area contributed by atoms with Crippen LogP contribution in [-0.4, -0.2) is 69.7 Å². The second kappa shape index (κ2) is 23.2. The number of nitrogens with zero attached hydrogens (tertiary/aromatic N) is 3. The van der Waals surface area contributed by atoms with Crippen molar-refractivity contribution in [1.29, 1.82) is 0 Å². The number of rotatable bonds is 25. The van der Waals surface area contributed by atoms with E-state index in [2.05, 4.69) is 17.5 Å². The van der Waals surface area contributed by atoms with Crippen molar-refractivity contribution in [3.63, 3.8) is 0 Å². The van der Waals surface area contributed by atoms with E-state index < -0.39 is 17.4 Å². The van der Waals surface area contributed by atoms with Crippen molar-refractivity contribution in [2.45, 2.75) is 116 Å². The van der Waals surface area contributed by atoms with Crippen LogP contribution in [0.15, 0.2) is 53.5 Å². The average Bonchev–Trinajstić information content (AvgIpc) is 3.11. The minimum atomic E-state index is -0.716. The van der Waals surface area contributed by atoms with Gasteiger partial charge in [0.05, 0.1) is 11.0 Å². The van der Waals surface area contributed by atoms with E-state index >= 15 is 0 Å². The first-order valence-corrected chi connectivity index (χ1v) is 18.9. The van der Waals surface area contributed by atoms with Gasteiger partial charge in [-0.15, -0.1) is 0 Å². The molecule has 1 aromatic carbocycles. The molecule has 0 saturated heterocycles. The lowest BCUT2D eigenvalue weighted by molar-refractivity contribution is -0.137. The first-order chi connectivity index (χ1) is 25.1. The van der Waals surface area contributed by atoms with E-state index in [1.807, 2.05) is 6.07 Å². The summed E-state index contributed by atoms with van der Waals surface area (Å²) in [5, 5.41) is 20.7. The molecule has 0 aliphatic heterocycles. The zero-order valence-corrected chi connectivity index (χ0v) is 31.0. The number of amides is 2. The van der Waals surface area contributed by atoms with Gasteiger partial charge in [0, 0.05) is 39.9 Å². The molecule has 0 spiro atoms. The quantitative estimate of drug-likeness (QED) is 0.0634. The highest BCUT2D eigenvalue weighted by Gasteiger charge is 2.24. The summed E-state index contributed by atoms with van der Waals surface area (Å²) in [6.07, 6.45) is 21.1. The van der Waals surface area contributed by atoms with Gasteiger partial charge in [-0.05, 0) is 92.7 Å². The molecular formula is C41H57FN4O6. The van der Waals surface area contributed by atoms with E-state index in [1.54, 1.807) is 32.4 Å². The molecule has 284 valence electrons. The summed E-state index contributed by atoms with van der Waals surface area (Å²) < 4.78 is 14.9. The van der Waals surface area contributed by atoms with Gasteiger partial charge in [-0.1, -0.05) is 69.2 Å². The summed E-state index contributed by atoms with van der Waals surface area (Å²) in [5.41, 5.74) is 2.64. The van der Waals surface area contributed by atoms with Gasteiger partial charge >= 0.3 is 5.97 Å². The Morgan fingerprint density at radius 2 is 1.48 bits per heavy atom. The Labute approximate surface area is 307 Å². The largest absolute Gasteiger partial charge is 0.481 e. The molecule has 0 atom stereocenters. The summed E-state index contributed by atoms with van der Waals surface area (Å²) in [6.45, 7) is -0.148. The molecule has 0 bridgehead atoms. The molecule has 3 rings (SSSR count). The van der Waals surface area contributed by atoms with Crippen LogP contribution in [0.2, 0.25) is 0 Å². The molecule has 11 heteroatoms. The van der Waals surface area contributed by atoms with Crippen LogP contribution < -0.4 is 10.9 Å². The number of benzene rings is 1. The smallest absolute Gasteiger partial charge is 0.303 e. The Balaban J connectivity index is 1.67. The number of nitrogens with one attached hydrogen (secondary N) is 1. The Morgan fingerprint density at radius 3 is 2.10 bits per heavy atom. The first kappa shape index (κ1) is 42.0. The highest BCUT2D eigenvalue weighted by atomic mass is 19.1. The van der Waals surface area contributed by atoms with Crippen LogP contribution in [0.1, 0.15) is 123 Å². The number of carbonyl (C=O) groups excluding carboxylic acids is 2. The Kier molecular flexibility index (Phi) is 18.8. The van der Waals surface area contributed by atoms with Crippen molar-refractivity contribution < 1.29 is 29.0 Å². The molecule has 2 heterocycles. The molecular weight excluding hydrogens is 663 g/mol. The Morgan fingerprint density at radius 1 is 0.865 bits per heavy atom. The second-order valence-corrected chi connectivity index (χ2v) is 13.7. The number of carboxylic acid groups (broad SMARTS) is 1. The third-order valence-electron chi connectivity index (χ3n) is 9.20. The topological polar surface area (TPSA) is 142 Å². The lowest BCUT2D eigenvalue weighted by atomic mass is 9.97. The number of hydrogen-bond donors (Lipinski definition) is 3. The molecule has 0 aliphatic carbocycles. The fourth-order valence-electron chi connectivity index (χ4n) is 6.22. The number of aromatic nitrogens is 2. The summed E-state index contributed by atoms with van der Waals surface area (Å²) in [4.78, 5) is 57.3. The van der Waals surface area contributed by atoms with Gasteiger partial charge in [-0.3, -0.25) is 28.7 Å². The zero-order chi connectivity index (χ0) is 37.7. The van der Waals surface area contributed by atoms with Gasteiger partial charge < -0.3 is 20.4 Å². The van der Waals surface area contributed by atoms with E-state index in [-0.39, 0.29) is 43.4 Å². The number of carbonyl (C=O) groups is 3. The van der Waals surface area contributed by atoms with Gasteiger partial charge in [0.25, 0.3) is 11.5 Å². The molecule has 0 aliphatic rings. The first-order valence-electron chi connectivity index (χ1n) is 18.9. The van der Waals surface area contributed by atoms with Crippen LogP contribution in [0.25, 0.3) is 11.0 Å². The van der Waals surface area contributed by atoms with Crippen molar-refractivity contribution in [1.82, 2.24) is 19.8 Å². The SMILES string of the molecule is CN(C)C(=O)Cn1c(=O)c(C(=O)NCCCO)c(CCCCCCCC/C=C\CCCCCCCC(=O)O)c2ncc(Cc3ccc(F)cc3)cc21. The van der Waals surface area contributed by atoms with Gasteiger partial charge in [-0.25, -0.2) is 4.39 Å². The number of pyridine rings is 2. The average molecular weight is 721 g/mol. The van der Waals surface area contributed by atoms with Crippen LogP contribution in [0, 0.1) is 5.82 Å². The number of likely N-dealkylation sites (N-methyl/N-ethyl adjacent to an activating group) is 1. The lowest BCUT2D eigenvalue weighted by Gasteiger charge is -2.19. The van der Waals surface area contributed by atoms with E-state index in [0.717, 1.165) is 94.6 Å². The molecule has 3 N–H and O–H groups in total. The van der Waals surface area contributed by atoms with Crippen LogP contribution in [-0.2, 0) is 29.0 Å². The summed E-state index contributed by atoms with van der Waals surface area (Å²) >= 11 is 0. The Hall–Kier alpha value is -4.38. The predicted octanol–water partition coefficient (Wildman–Crippen LogP) is 6.97. The number of fused-ring (bicyclic) bond motifs is 1. The predicted molar refractivity (Wildman–Crippen MR) is 203 cm³/mol. The van der Waals surface area contributed by atoms with Gasteiger partial charge in [0.1, 0.15) is 17.9 Å². The molecule has 2 amide bonds. The highest BCUT2D eigenvalue weighted by Crippen LogP contribution is 2.24. The van der Waals surface area contributed by atoms with E-state index in [1.165, 1.54) is 21.6 Å². The van der Waals surface area contributed by atoms with Crippen molar-refractivity contribution in [2.75, 3.05) is 27.2 Å². The fraction of sp³-hybridized carbons (Fsp3) is 0.537. The van der Waals surface area contributed by atoms with Crippen LogP contribution in [0.3, 0.4) is 0 Å². The van der Waals surface area contributed by atoms with Crippen LogP contribution in [0.5, 0.6) is 0 Å². The van der Waals surface area contributed by atoms with E-state index in [0.29, 0.717) is 35.9 Å². The van der Waals surface area contributed by atoms with Gasteiger partial charge in [0.2, 0.25) is 5.91 Å². The lowest BCUT2D eigenvalue weighted by Crippen LogP contribution is -2.38. The Bertz CT molecular complexity index is 1670. The van der Waals surface area contributed by atoms with Crippen molar-refractivity contribution in [3.05, 3.63) is 87.1 Å². The fourth-order valence-corrected chi connectivity index (χ4v) is 6.22. The summed E-state index contributed by atoms with van der Waals surface area (Å²) in [7, 11) is 3.22. The van der Waals surface area contributed by atoms with Crippen molar-refractivity contribution in [3.8, 4) is 0 Å². The number of unbranched alkanes of at least 4 members (excludes halogenated alkanes) is 11. The minimum Gasteiger partial charge on any atom is -0.481 e. The number of hydrogen-bond acceptors (Lipinski definition) is 6. The number of aliphatic hydroxyl groups is 1. The summed E-state index contributed by atoms with van der Waals surface area (Å²) in [6, 6.07) is 8.03. The van der Waals surface area contributed by atoms with E-state index in [9.17, 15) is 28.7 Å². The minimum absolute atomic E-state index is 0.0132. The van der Waals surface area contributed by atoms with Crippen molar-refractivity contribution >= 4 is 28.8 Å². The standard InChI is InChI=1S/C41H57FN4O6/c1-45(2)36(48)30-46-35-28-32(27-31-21-23-33(42)24-22-31)29-44-39(35)34(38(41(46)52)40(51)43-25-18-26-47)19-16-14-12-10-8-6-4-3-5-7-9-11-13-15-17-20-37(49)50/h3,5,21-24,28-29,47H,4,6-20,25-27,30H2,1-2H3,(H,43,51)(H,49,50)/b5-3-. The third-order valence-corrected chi connectivity index (χ3v) is 9.20. The molecule has 2 aromatic heterocycles. The number of aliphatic carboxylic acids is 1. The molecule has 10 nitrogen and oxygen atoms in total. The third kappa shape index (κ3) is 14.3. The number of halogens is 1. The van der Waals surface area contributed by atoms with E-state index in [4.69, 9.17) is 10.1 Å². The molecule has 0 unspecified atom stereocenters. The van der Waals surface area contributed by atoms with Crippen LogP contribution >= 0.6 is 0 Å². The number of carboxylic acids is 1. The molecule has 0 saturated carbocycles. The maximum Gasteiger partial charge on any atom is 0.303 e. The molecule has 3 aromatic rings. The van der Waals surface area contributed by atoms with Crippen molar-refractivity contribution in [2.24, 2.45) is 0 Å². The normalized spacial score (nSPS) is 11.4. The molecule has 52 heavy (non-hydrogen) atoms. The zero-order valence-electron chi connectivity index (χ0n) is 31.0. The summed E-state index contributed by atoms with van der Waals surface area (Å²) in [5.74, 6) is -1.89. The second-order valence-electron chi connectivity index (χ2n) is 13.7.